The minimum atomic E-state index is -3.93. The van der Waals surface area contributed by atoms with E-state index in [2.05, 4.69) is 4.98 Å². The summed E-state index contributed by atoms with van der Waals surface area (Å²) in [6, 6.07) is 2.98. The number of rotatable bonds is 3. The van der Waals surface area contributed by atoms with E-state index in [4.69, 9.17) is 16.3 Å². The largest absolute Gasteiger partial charge is 0.372 e. The lowest BCUT2D eigenvalue weighted by atomic mass is 10.2. The van der Waals surface area contributed by atoms with Crippen molar-refractivity contribution in [1.29, 1.82) is 0 Å². The third kappa shape index (κ3) is 3.42. The lowest BCUT2D eigenvalue weighted by molar-refractivity contribution is -0.142. The SMILES string of the molecule is C[C@@H]1CN(C(=O)[C@@H](C)S(=O)(=O)c2ncccc2Cl)C[C@@H](C)O1. The van der Waals surface area contributed by atoms with Gasteiger partial charge in [0.2, 0.25) is 15.7 Å². The molecule has 8 heteroatoms. The summed E-state index contributed by atoms with van der Waals surface area (Å²) in [5, 5.41) is -1.48. The average Bonchev–Trinajstić information content (AvgIpc) is 2.44. The highest BCUT2D eigenvalue weighted by Crippen LogP contribution is 2.24. The van der Waals surface area contributed by atoms with E-state index >= 15 is 0 Å². The second-order valence-electron chi connectivity index (χ2n) is 5.48. The maximum absolute atomic E-state index is 12.6. The van der Waals surface area contributed by atoms with Gasteiger partial charge in [-0.3, -0.25) is 4.79 Å². The van der Waals surface area contributed by atoms with E-state index in [0.29, 0.717) is 13.1 Å². The topological polar surface area (TPSA) is 76.6 Å². The van der Waals surface area contributed by atoms with Crippen molar-refractivity contribution >= 4 is 27.3 Å². The van der Waals surface area contributed by atoms with Gasteiger partial charge in [-0.2, -0.15) is 0 Å². The summed E-state index contributed by atoms with van der Waals surface area (Å²) in [5.41, 5.74) is 0. The Labute approximate surface area is 135 Å². The maximum atomic E-state index is 12.6. The number of pyridine rings is 1. The lowest BCUT2D eigenvalue weighted by Crippen LogP contribution is -2.52. The zero-order valence-electron chi connectivity index (χ0n) is 12.7. The standard InChI is InChI=1S/C14H19ClN2O4S/c1-9-7-17(8-10(2)21-9)14(18)11(3)22(19,20)13-12(15)5-4-6-16-13/h4-6,9-11H,7-8H2,1-3H3/t9-,10-,11-/m1/s1. The van der Waals surface area contributed by atoms with Crippen molar-refractivity contribution in [2.75, 3.05) is 13.1 Å². The van der Waals surface area contributed by atoms with Crippen LogP contribution in [0.2, 0.25) is 5.02 Å². The minimum Gasteiger partial charge on any atom is -0.372 e. The molecule has 0 unspecified atom stereocenters. The monoisotopic (exact) mass is 346 g/mol. The number of halogens is 1. The van der Waals surface area contributed by atoms with Gasteiger partial charge in [-0.25, -0.2) is 13.4 Å². The van der Waals surface area contributed by atoms with Crippen LogP contribution in [0, 0.1) is 0 Å². The Bertz CT molecular complexity index is 655. The summed E-state index contributed by atoms with van der Waals surface area (Å²) in [5.74, 6) is -0.455. The lowest BCUT2D eigenvalue weighted by Gasteiger charge is -2.36. The molecule has 22 heavy (non-hydrogen) atoms. The van der Waals surface area contributed by atoms with Crippen LogP contribution in [0.5, 0.6) is 0 Å². The van der Waals surface area contributed by atoms with Crippen LogP contribution in [-0.2, 0) is 19.4 Å². The van der Waals surface area contributed by atoms with E-state index in [-0.39, 0.29) is 22.3 Å². The molecule has 0 saturated carbocycles. The molecule has 0 radical (unpaired) electrons. The molecule has 1 aliphatic heterocycles. The Morgan fingerprint density at radius 1 is 1.41 bits per heavy atom. The number of carbonyl (C=O) groups is 1. The number of ether oxygens (including phenoxy) is 1. The van der Waals surface area contributed by atoms with Gasteiger partial charge >= 0.3 is 0 Å². The predicted molar refractivity (Wildman–Crippen MR) is 82.5 cm³/mol. The first-order valence-electron chi connectivity index (χ1n) is 7.02. The molecule has 0 spiro atoms. The first-order chi connectivity index (χ1) is 10.2. The average molecular weight is 347 g/mol. The number of hydrogen-bond donors (Lipinski definition) is 0. The van der Waals surface area contributed by atoms with Gasteiger partial charge in [0.15, 0.2) is 5.03 Å². The molecule has 3 atom stereocenters. The van der Waals surface area contributed by atoms with Crippen molar-refractivity contribution in [2.24, 2.45) is 0 Å². The van der Waals surface area contributed by atoms with Crippen LogP contribution < -0.4 is 0 Å². The van der Waals surface area contributed by atoms with E-state index in [9.17, 15) is 13.2 Å². The molecule has 0 N–H and O–H groups in total. The molecule has 1 aromatic heterocycles. The predicted octanol–water partition coefficient (Wildman–Crippen LogP) is 1.53. The van der Waals surface area contributed by atoms with E-state index in [0.717, 1.165) is 0 Å². The Morgan fingerprint density at radius 2 is 2.00 bits per heavy atom. The molecular formula is C14H19ClN2O4S. The molecule has 6 nitrogen and oxygen atoms in total. The number of nitrogens with zero attached hydrogens (tertiary/aromatic N) is 2. The van der Waals surface area contributed by atoms with Crippen molar-refractivity contribution < 1.29 is 17.9 Å². The Hall–Kier alpha value is -1.18. The summed E-state index contributed by atoms with van der Waals surface area (Å²) >= 11 is 5.90. The number of carbonyl (C=O) groups excluding carboxylic acids is 1. The fourth-order valence-corrected chi connectivity index (χ4v) is 4.24. The van der Waals surface area contributed by atoms with E-state index in [1.54, 1.807) is 6.07 Å². The highest BCUT2D eigenvalue weighted by molar-refractivity contribution is 7.92. The van der Waals surface area contributed by atoms with Gasteiger partial charge in [0, 0.05) is 19.3 Å². The van der Waals surface area contributed by atoms with Crippen LogP contribution in [0.15, 0.2) is 23.4 Å². The third-order valence-electron chi connectivity index (χ3n) is 3.54. The van der Waals surface area contributed by atoms with E-state index < -0.39 is 21.0 Å². The minimum absolute atomic E-state index is 0.0193. The molecule has 122 valence electrons. The van der Waals surface area contributed by atoms with Gasteiger partial charge < -0.3 is 9.64 Å². The van der Waals surface area contributed by atoms with Gasteiger partial charge in [0.05, 0.1) is 17.2 Å². The van der Waals surface area contributed by atoms with Gasteiger partial charge in [0.25, 0.3) is 0 Å². The first kappa shape index (κ1) is 17.2. The molecule has 1 saturated heterocycles. The quantitative estimate of drug-likeness (QED) is 0.829. The number of amides is 1. The molecule has 1 fully saturated rings. The number of sulfone groups is 1. The van der Waals surface area contributed by atoms with Crippen molar-refractivity contribution in [3.05, 3.63) is 23.4 Å². The molecule has 1 amide bonds. The van der Waals surface area contributed by atoms with Crippen LogP contribution in [0.25, 0.3) is 0 Å². The number of aromatic nitrogens is 1. The third-order valence-corrected chi connectivity index (χ3v) is 5.95. The van der Waals surface area contributed by atoms with E-state index in [1.165, 1.54) is 24.1 Å². The summed E-state index contributed by atoms with van der Waals surface area (Å²) in [6.07, 6.45) is 1.09. The van der Waals surface area contributed by atoms with E-state index in [1.807, 2.05) is 13.8 Å². The summed E-state index contributed by atoms with van der Waals surface area (Å²) in [6.45, 7) is 5.82. The van der Waals surface area contributed by atoms with Crippen LogP contribution in [0.4, 0.5) is 0 Å². The Kier molecular flexibility index (Phi) is 5.09. The normalized spacial score (nSPS) is 24.1. The molecule has 0 aromatic carbocycles. The van der Waals surface area contributed by atoms with Crippen LogP contribution in [-0.4, -0.2) is 54.8 Å². The number of morpholine rings is 1. The van der Waals surface area contributed by atoms with Gasteiger partial charge in [0.1, 0.15) is 5.25 Å². The first-order valence-corrected chi connectivity index (χ1v) is 8.94. The fraction of sp³-hybridized carbons (Fsp3) is 0.571. The van der Waals surface area contributed by atoms with Crippen molar-refractivity contribution in [3.8, 4) is 0 Å². The molecular weight excluding hydrogens is 328 g/mol. The fourth-order valence-electron chi connectivity index (χ4n) is 2.50. The van der Waals surface area contributed by atoms with Crippen LogP contribution in [0.1, 0.15) is 20.8 Å². The van der Waals surface area contributed by atoms with Crippen molar-refractivity contribution in [1.82, 2.24) is 9.88 Å². The molecule has 2 heterocycles. The maximum Gasteiger partial charge on any atom is 0.241 e. The van der Waals surface area contributed by atoms with Crippen molar-refractivity contribution in [2.45, 2.75) is 43.3 Å². The zero-order chi connectivity index (χ0) is 16.5. The summed E-state index contributed by atoms with van der Waals surface area (Å²) in [7, 11) is -3.93. The number of hydrogen-bond acceptors (Lipinski definition) is 5. The molecule has 0 bridgehead atoms. The molecule has 0 aliphatic carbocycles. The van der Waals surface area contributed by atoms with Crippen LogP contribution in [0.3, 0.4) is 0 Å². The summed E-state index contributed by atoms with van der Waals surface area (Å²) < 4.78 is 30.7. The highest BCUT2D eigenvalue weighted by atomic mass is 35.5. The molecule has 1 aromatic rings. The van der Waals surface area contributed by atoms with Gasteiger partial charge in [-0.1, -0.05) is 11.6 Å². The van der Waals surface area contributed by atoms with Crippen LogP contribution >= 0.6 is 11.6 Å². The Balaban J connectivity index is 2.25. The molecule has 1 aliphatic rings. The smallest absolute Gasteiger partial charge is 0.241 e. The second kappa shape index (κ2) is 6.52. The van der Waals surface area contributed by atoms with Gasteiger partial charge in [-0.05, 0) is 32.9 Å². The summed E-state index contributed by atoms with van der Waals surface area (Å²) in [4.78, 5) is 17.9. The second-order valence-corrected chi connectivity index (χ2v) is 8.07. The highest BCUT2D eigenvalue weighted by Gasteiger charge is 2.37. The van der Waals surface area contributed by atoms with Crippen molar-refractivity contribution in [3.63, 3.8) is 0 Å². The Morgan fingerprint density at radius 3 is 2.55 bits per heavy atom. The van der Waals surface area contributed by atoms with Gasteiger partial charge in [-0.15, -0.1) is 0 Å². The zero-order valence-corrected chi connectivity index (χ0v) is 14.3. The molecule has 2 rings (SSSR count).